The Morgan fingerprint density at radius 1 is 1.04 bits per heavy atom. The maximum Gasteiger partial charge on any atom is 0.242 e. The lowest BCUT2D eigenvalue weighted by Crippen LogP contribution is -2.49. The van der Waals surface area contributed by atoms with Crippen LogP contribution in [0.1, 0.15) is 31.4 Å². The standard InChI is InChI=1S/C22H27FN2O3/c1-4-20(22(27)24-5-2)25(15-17-8-12-19(28-3)13-9-17)21(26)14-16-6-10-18(23)11-7-16/h6-13,20H,4-5,14-15H2,1-3H3,(H,24,27)/t20-/m1/s1. The zero-order valence-electron chi connectivity index (χ0n) is 16.6. The number of benzene rings is 2. The van der Waals surface area contributed by atoms with Crippen LogP contribution in [-0.4, -0.2) is 36.4 Å². The summed E-state index contributed by atoms with van der Waals surface area (Å²) in [5, 5.41) is 2.80. The molecule has 0 fully saturated rings. The Bertz CT molecular complexity index is 775. The molecule has 0 bridgehead atoms. The second-order valence-electron chi connectivity index (χ2n) is 6.49. The number of likely N-dealkylation sites (N-methyl/N-ethyl adjacent to an activating group) is 1. The minimum Gasteiger partial charge on any atom is -0.497 e. The fourth-order valence-corrected chi connectivity index (χ4v) is 3.02. The second kappa shape index (κ2) is 10.4. The number of nitrogens with zero attached hydrogens (tertiary/aromatic N) is 1. The number of carbonyl (C=O) groups excluding carboxylic acids is 2. The van der Waals surface area contributed by atoms with Crippen molar-refractivity contribution in [2.24, 2.45) is 0 Å². The molecule has 2 amide bonds. The zero-order chi connectivity index (χ0) is 20.5. The normalized spacial score (nSPS) is 11.6. The van der Waals surface area contributed by atoms with Gasteiger partial charge in [0.1, 0.15) is 17.6 Å². The fourth-order valence-electron chi connectivity index (χ4n) is 3.02. The van der Waals surface area contributed by atoms with Crippen molar-refractivity contribution in [3.8, 4) is 5.75 Å². The SMILES string of the molecule is CCNC(=O)[C@@H](CC)N(Cc1ccc(OC)cc1)C(=O)Cc1ccc(F)cc1. The van der Waals surface area contributed by atoms with E-state index in [0.717, 1.165) is 11.3 Å². The van der Waals surface area contributed by atoms with Crippen molar-refractivity contribution in [1.82, 2.24) is 10.2 Å². The van der Waals surface area contributed by atoms with Crippen molar-refractivity contribution in [3.05, 3.63) is 65.5 Å². The number of hydrogen-bond acceptors (Lipinski definition) is 3. The van der Waals surface area contributed by atoms with E-state index in [1.165, 1.54) is 12.1 Å². The van der Waals surface area contributed by atoms with E-state index in [0.29, 0.717) is 25.1 Å². The van der Waals surface area contributed by atoms with E-state index in [-0.39, 0.29) is 24.1 Å². The predicted molar refractivity (Wildman–Crippen MR) is 106 cm³/mol. The summed E-state index contributed by atoms with van der Waals surface area (Å²) >= 11 is 0. The third-order valence-corrected chi connectivity index (χ3v) is 4.52. The van der Waals surface area contributed by atoms with Crippen LogP contribution in [0.2, 0.25) is 0 Å². The topological polar surface area (TPSA) is 58.6 Å². The average Bonchev–Trinajstić information content (AvgIpc) is 2.70. The highest BCUT2D eigenvalue weighted by atomic mass is 19.1. The Morgan fingerprint density at radius 3 is 2.18 bits per heavy atom. The molecule has 150 valence electrons. The molecule has 0 aliphatic heterocycles. The molecule has 0 aromatic heterocycles. The Balaban J connectivity index is 2.25. The number of halogens is 1. The first-order valence-electron chi connectivity index (χ1n) is 9.43. The summed E-state index contributed by atoms with van der Waals surface area (Å²) in [4.78, 5) is 27.2. The summed E-state index contributed by atoms with van der Waals surface area (Å²) in [5.41, 5.74) is 1.60. The third-order valence-electron chi connectivity index (χ3n) is 4.52. The first kappa shape index (κ1) is 21.4. The number of methoxy groups -OCH3 is 1. The van der Waals surface area contributed by atoms with E-state index in [4.69, 9.17) is 4.74 Å². The number of amides is 2. The monoisotopic (exact) mass is 386 g/mol. The molecule has 0 saturated heterocycles. The van der Waals surface area contributed by atoms with E-state index in [1.54, 1.807) is 24.1 Å². The molecule has 0 saturated carbocycles. The molecule has 2 aromatic carbocycles. The van der Waals surface area contributed by atoms with Crippen molar-refractivity contribution >= 4 is 11.8 Å². The van der Waals surface area contributed by atoms with E-state index in [1.807, 2.05) is 38.1 Å². The molecule has 2 rings (SSSR count). The van der Waals surface area contributed by atoms with Gasteiger partial charge >= 0.3 is 0 Å². The largest absolute Gasteiger partial charge is 0.497 e. The highest BCUT2D eigenvalue weighted by molar-refractivity contribution is 5.88. The van der Waals surface area contributed by atoms with Gasteiger partial charge in [0.2, 0.25) is 11.8 Å². The predicted octanol–water partition coefficient (Wildman–Crippen LogP) is 3.32. The molecule has 1 atom stereocenters. The first-order chi connectivity index (χ1) is 13.5. The van der Waals surface area contributed by atoms with Gasteiger partial charge in [0.05, 0.1) is 13.5 Å². The molecule has 28 heavy (non-hydrogen) atoms. The quantitative estimate of drug-likeness (QED) is 0.719. The van der Waals surface area contributed by atoms with Crippen molar-refractivity contribution < 1.29 is 18.7 Å². The van der Waals surface area contributed by atoms with E-state index in [9.17, 15) is 14.0 Å². The zero-order valence-corrected chi connectivity index (χ0v) is 16.6. The number of hydrogen-bond donors (Lipinski definition) is 1. The summed E-state index contributed by atoms with van der Waals surface area (Å²) in [5.74, 6) is 0.0234. The molecule has 0 radical (unpaired) electrons. The van der Waals surface area contributed by atoms with Gasteiger partial charge in [-0.15, -0.1) is 0 Å². The van der Waals surface area contributed by atoms with Crippen LogP contribution >= 0.6 is 0 Å². The molecule has 2 aromatic rings. The lowest BCUT2D eigenvalue weighted by Gasteiger charge is -2.30. The molecule has 0 aliphatic rings. The Kier molecular flexibility index (Phi) is 7.99. The van der Waals surface area contributed by atoms with Crippen LogP contribution in [-0.2, 0) is 22.6 Å². The summed E-state index contributed by atoms with van der Waals surface area (Å²) in [6.45, 7) is 4.53. The van der Waals surface area contributed by atoms with E-state index in [2.05, 4.69) is 5.32 Å². The highest BCUT2D eigenvalue weighted by Gasteiger charge is 2.28. The number of ether oxygens (including phenoxy) is 1. The molecular formula is C22H27FN2O3. The van der Waals surface area contributed by atoms with Gasteiger partial charge in [-0.2, -0.15) is 0 Å². The van der Waals surface area contributed by atoms with Crippen LogP contribution in [0.25, 0.3) is 0 Å². The number of rotatable bonds is 9. The Morgan fingerprint density at radius 2 is 1.64 bits per heavy atom. The lowest BCUT2D eigenvalue weighted by molar-refractivity contribution is -0.140. The van der Waals surface area contributed by atoms with Gasteiger partial charge in [-0.25, -0.2) is 4.39 Å². The summed E-state index contributed by atoms with van der Waals surface area (Å²) in [7, 11) is 1.59. The molecule has 1 N–H and O–H groups in total. The van der Waals surface area contributed by atoms with E-state index >= 15 is 0 Å². The molecule has 0 aliphatic carbocycles. The lowest BCUT2D eigenvalue weighted by atomic mass is 10.1. The molecule has 6 heteroatoms. The van der Waals surface area contributed by atoms with Gasteiger partial charge < -0.3 is 15.0 Å². The van der Waals surface area contributed by atoms with Gasteiger partial charge in [0.25, 0.3) is 0 Å². The molecule has 0 heterocycles. The first-order valence-corrected chi connectivity index (χ1v) is 9.43. The van der Waals surface area contributed by atoms with Gasteiger partial charge in [-0.3, -0.25) is 9.59 Å². The Labute approximate surface area is 165 Å². The van der Waals surface area contributed by atoms with Crippen LogP contribution in [0.5, 0.6) is 5.75 Å². The number of nitrogens with one attached hydrogen (secondary N) is 1. The Hall–Kier alpha value is -2.89. The third kappa shape index (κ3) is 5.81. The second-order valence-corrected chi connectivity index (χ2v) is 6.49. The van der Waals surface area contributed by atoms with Gasteiger partial charge in [0, 0.05) is 13.1 Å². The van der Waals surface area contributed by atoms with Crippen molar-refractivity contribution in [1.29, 1.82) is 0 Å². The van der Waals surface area contributed by atoms with Gasteiger partial charge in [0.15, 0.2) is 0 Å². The smallest absolute Gasteiger partial charge is 0.242 e. The maximum absolute atomic E-state index is 13.1. The minimum absolute atomic E-state index is 0.104. The molecule has 5 nitrogen and oxygen atoms in total. The summed E-state index contributed by atoms with van der Waals surface area (Å²) in [6.07, 6.45) is 0.601. The van der Waals surface area contributed by atoms with Gasteiger partial charge in [-0.1, -0.05) is 31.2 Å². The molecule has 0 unspecified atom stereocenters. The van der Waals surface area contributed by atoms with Crippen molar-refractivity contribution in [3.63, 3.8) is 0 Å². The van der Waals surface area contributed by atoms with Crippen LogP contribution < -0.4 is 10.1 Å². The molecular weight excluding hydrogens is 359 g/mol. The van der Waals surface area contributed by atoms with Crippen LogP contribution in [0.3, 0.4) is 0 Å². The van der Waals surface area contributed by atoms with Crippen LogP contribution in [0, 0.1) is 5.82 Å². The average molecular weight is 386 g/mol. The summed E-state index contributed by atoms with van der Waals surface area (Å²) in [6, 6.07) is 12.7. The maximum atomic E-state index is 13.1. The fraction of sp³-hybridized carbons (Fsp3) is 0.364. The number of carbonyl (C=O) groups is 2. The van der Waals surface area contributed by atoms with Crippen molar-refractivity contribution in [2.45, 2.75) is 39.3 Å². The van der Waals surface area contributed by atoms with E-state index < -0.39 is 6.04 Å². The van der Waals surface area contributed by atoms with Gasteiger partial charge in [-0.05, 0) is 48.7 Å². The van der Waals surface area contributed by atoms with Crippen molar-refractivity contribution in [2.75, 3.05) is 13.7 Å². The highest BCUT2D eigenvalue weighted by Crippen LogP contribution is 2.17. The minimum atomic E-state index is -0.574. The van der Waals surface area contributed by atoms with Crippen LogP contribution in [0.4, 0.5) is 4.39 Å². The summed E-state index contributed by atoms with van der Waals surface area (Å²) < 4.78 is 18.3. The van der Waals surface area contributed by atoms with Crippen LogP contribution in [0.15, 0.2) is 48.5 Å². The molecule has 0 spiro atoms.